The SMILES string of the molecule is CO[SiH2]N1[SiH]N2[SiH]3N[SiH2]N([SiH2]C)[SiH2]N[SiH2]N3[SiH2]N(C)[SiH]12. The first kappa shape index (κ1) is 16.5. The summed E-state index contributed by atoms with van der Waals surface area (Å²) in [6, 6.07) is 0. The first-order valence-corrected chi connectivity index (χ1v) is 20.0. The van der Waals surface area contributed by atoms with E-state index in [1.54, 1.807) is 0 Å². The molecule has 2 atom stereocenters. The Morgan fingerprint density at radius 1 is 1.30 bits per heavy atom. The lowest BCUT2D eigenvalue weighted by atomic mass is 11.6. The fraction of sp³-hybridized carbons (Fsp3) is 1.00. The second kappa shape index (κ2) is 7.47. The molecule has 0 bridgehead atoms. The molecule has 8 nitrogen and oxygen atoms in total. The Morgan fingerprint density at radius 3 is 2.90 bits per heavy atom. The van der Waals surface area contributed by atoms with Gasteiger partial charge >= 0.3 is 0 Å². The van der Waals surface area contributed by atoms with Gasteiger partial charge in [-0.1, -0.05) is 6.55 Å². The molecule has 2 unspecified atom stereocenters. The molecule has 0 spiro atoms. The molecule has 3 rings (SSSR count). The number of hydrogen-bond acceptors (Lipinski definition) is 8. The predicted octanol–water partition coefficient (Wildman–Crippen LogP) is -9.18. The highest BCUT2D eigenvalue weighted by Crippen LogP contribution is 2.20. The van der Waals surface area contributed by atoms with Crippen molar-refractivity contribution >= 4 is 87.4 Å². The van der Waals surface area contributed by atoms with Crippen LogP contribution in [0, 0.1) is 0 Å². The maximum absolute atomic E-state index is 5.53. The van der Waals surface area contributed by atoms with Crippen LogP contribution in [0.4, 0.5) is 0 Å². The van der Waals surface area contributed by atoms with Crippen LogP contribution in [0.1, 0.15) is 0 Å². The summed E-state index contributed by atoms with van der Waals surface area (Å²) in [6.07, 6.45) is 0. The van der Waals surface area contributed by atoms with Crippen LogP contribution in [0.5, 0.6) is 0 Å². The van der Waals surface area contributed by atoms with Crippen LogP contribution in [0.15, 0.2) is 0 Å². The van der Waals surface area contributed by atoms with Gasteiger partial charge < -0.3 is 33.5 Å². The van der Waals surface area contributed by atoms with E-state index < -0.39 is 18.6 Å². The number of fused-ring (bicyclic) bond motifs is 3. The zero-order valence-electron chi connectivity index (χ0n) is 12.6. The summed E-state index contributed by atoms with van der Waals surface area (Å²) in [5.41, 5.74) is 0. The van der Waals surface area contributed by atoms with Crippen molar-refractivity contribution in [2.75, 3.05) is 14.2 Å². The lowest BCUT2D eigenvalue weighted by molar-refractivity contribution is 0.406. The molecule has 17 heteroatoms. The number of hydrogen-bond donors (Lipinski definition) is 2. The zero-order valence-corrected chi connectivity index (χ0v) is 24.6. The summed E-state index contributed by atoms with van der Waals surface area (Å²) in [5.74, 6) is 0. The van der Waals surface area contributed by atoms with E-state index in [0.717, 1.165) is 0 Å². The average molecular weight is 429 g/mol. The van der Waals surface area contributed by atoms with E-state index in [2.05, 4.69) is 42.7 Å². The van der Waals surface area contributed by atoms with Crippen molar-refractivity contribution in [3.05, 3.63) is 0 Å². The van der Waals surface area contributed by atoms with Crippen molar-refractivity contribution in [1.29, 1.82) is 0 Å². The number of rotatable bonds is 3. The Bertz CT molecular complexity index is 341. The highest BCUT2D eigenvalue weighted by molar-refractivity contribution is 7.00. The summed E-state index contributed by atoms with van der Waals surface area (Å²) in [5, 5.41) is 0. The highest BCUT2D eigenvalue weighted by Gasteiger charge is 2.51. The van der Waals surface area contributed by atoms with Crippen LogP contribution in [0.2, 0.25) is 6.55 Å². The molecule has 2 N–H and O–H groups in total. The van der Waals surface area contributed by atoms with Gasteiger partial charge in [0.25, 0.3) is 0 Å². The minimum atomic E-state index is -0.903. The minimum absolute atomic E-state index is 0.0629. The largest absolute Gasteiger partial charge is 0.413 e. The Balaban J connectivity index is 1.66. The van der Waals surface area contributed by atoms with Gasteiger partial charge in [-0.3, -0.25) is 0 Å². The molecule has 3 aliphatic rings. The van der Waals surface area contributed by atoms with E-state index in [9.17, 15) is 0 Å². The van der Waals surface area contributed by atoms with Crippen molar-refractivity contribution in [3.63, 3.8) is 0 Å². The van der Waals surface area contributed by atoms with E-state index in [-0.39, 0.29) is 59.0 Å². The second-order valence-electron chi connectivity index (χ2n) is 5.62. The van der Waals surface area contributed by atoms with E-state index in [4.69, 9.17) is 4.43 Å². The molecule has 1 radical (unpaired) electrons. The molecule has 0 aromatic heterocycles. The maximum atomic E-state index is 5.53. The summed E-state index contributed by atoms with van der Waals surface area (Å²) in [6.45, 7) is 2.47. The Kier molecular flexibility index (Phi) is 6.16. The van der Waals surface area contributed by atoms with E-state index >= 15 is 0 Å². The zero-order chi connectivity index (χ0) is 14.1. The van der Waals surface area contributed by atoms with Gasteiger partial charge in [0.1, 0.15) is 0 Å². The molecule has 0 aliphatic carbocycles. The lowest BCUT2D eigenvalue weighted by Crippen LogP contribution is -2.91. The van der Waals surface area contributed by atoms with Crippen LogP contribution >= 0.6 is 0 Å². The van der Waals surface area contributed by atoms with Crippen LogP contribution in [-0.4, -0.2) is 121 Å². The van der Waals surface area contributed by atoms with Crippen molar-refractivity contribution in [2.24, 2.45) is 0 Å². The number of nitrogens with one attached hydrogen (secondary N) is 2. The van der Waals surface area contributed by atoms with Gasteiger partial charge in [-0.15, -0.1) is 0 Å². The average Bonchev–Trinajstić information content (AvgIpc) is 2.38. The van der Waals surface area contributed by atoms with Crippen molar-refractivity contribution < 1.29 is 4.43 Å². The first-order chi connectivity index (χ1) is 9.74. The quantitative estimate of drug-likeness (QED) is 0.430. The topological polar surface area (TPSA) is 49.5 Å². The normalized spacial score (nSPS) is 41.0. The molecular formula is C3H26N7OSi9. The van der Waals surface area contributed by atoms with Crippen LogP contribution < -0.4 is 9.30 Å². The van der Waals surface area contributed by atoms with Gasteiger partial charge in [-0.2, -0.15) is 0 Å². The van der Waals surface area contributed by atoms with Crippen molar-refractivity contribution in [2.45, 2.75) is 6.55 Å². The van der Waals surface area contributed by atoms with Gasteiger partial charge in [-0.25, -0.2) is 0 Å². The molecule has 3 aliphatic heterocycles. The minimum Gasteiger partial charge on any atom is -0.413 e. The van der Waals surface area contributed by atoms with Crippen molar-refractivity contribution in [1.82, 2.24) is 29.1 Å². The first-order valence-electron chi connectivity index (χ1n) is 7.22. The molecule has 0 aromatic carbocycles. The van der Waals surface area contributed by atoms with E-state index in [1.165, 1.54) is 0 Å². The van der Waals surface area contributed by atoms with Crippen LogP contribution in [0.25, 0.3) is 0 Å². The Morgan fingerprint density at radius 2 is 2.15 bits per heavy atom. The monoisotopic (exact) mass is 428 g/mol. The maximum Gasteiger partial charge on any atom is 0.243 e. The summed E-state index contributed by atoms with van der Waals surface area (Å²) >= 11 is 0. The predicted molar refractivity (Wildman–Crippen MR) is 107 cm³/mol. The third-order valence-corrected chi connectivity index (χ3v) is 34.3. The molecule has 0 amide bonds. The molecule has 3 fully saturated rings. The fourth-order valence-electron chi connectivity index (χ4n) is 3.15. The molecule has 3 heterocycles. The lowest BCUT2D eigenvalue weighted by Gasteiger charge is -2.62. The molecule has 3 saturated heterocycles. The summed E-state index contributed by atoms with van der Waals surface area (Å²) in [4.78, 5) is 0. The third kappa shape index (κ3) is 3.27. The van der Waals surface area contributed by atoms with Gasteiger partial charge in [0.15, 0.2) is 49.2 Å². The van der Waals surface area contributed by atoms with Gasteiger partial charge in [0, 0.05) is 7.11 Å². The van der Waals surface area contributed by atoms with Gasteiger partial charge in [-0.05, 0) is 7.05 Å². The smallest absolute Gasteiger partial charge is 0.243 e. The molecule has 115 valence electrons. The molecule has 0 aromatic rings. The Labute approximate surface area is 141 Å². The van der Waals surface area contributed by atoms with E-state index in [1.807, 2.05) is 7.11 Å². The third-order valence-electron chi connectivity index (χ3n) is 4.15. The summed E-state index contributed by atoms with van der Waals surface area (Å²) in [7, 11) is 2.20. The van der Waals surface area contributed by atoms with Crippen molar-refractivity contribution in [3.8, 4) is 0 Å². The Hall–Kier alpha value is 1.63. The van der Waals surface area contributed by atoms with Gasteiger partial charge in [0.2, 0.25) is 28.5 Å². The molecular weight excluding hydrogens is 403 g/mol. The second-order valence-corrected chi connectivity index (χ2v) is 34.0. The molecule has 20 heavy (non-hydrogen) atoms. The summed E-state index contributed by atoms with van der Waals surface area (Å²) < 4.78 is 28.2. The number of nitrogens with zero attached hydrogens (tertiary/aromatic N) is 5. The van der Waals surface area contributed by atoms with Gasteiger partial charge in [0.05, 0.1) is 9.68 Å². The standard InChI is InChI=1S/C3H26N7OSi9/c1-6-16-8-14-4-13-7(12-3)15-5-19(8)10-17-9(18-11-2)20(6)10/h4-5,17,19-20H,12-16,18H2,1-3H3. The molecule has 0 saturated carbocycles. The van der Waals surface area contributed by atoms with Crippen LogP contribution in [-0.2, 0) is 4.43 Å². The highest BCUT2D eigenvalue weighted by atomic mass is 28.5. The van der Waals surface area contributed by atoms with E-state index in [0.29, 0.717) is 9.84 Å². The van der Waals surface area contributed by atoms with Crippen LogP contribution in [0.3, 0.4) is 0 Å². The fourth-order valence-corrected chi connectivity index (χ4v) is 54.0.